The van der Waals surface area contributed by atoms with Gasteiger partial charge in [-0.15, -0.1) is 21.5 Å². The molecule has 108 valence electrons. The van der Waals surface area contributed by atoms with Gasteiger partial charge >= 0.3 is 0 Å². The Bertz CT molecular complexity index is 764. The number of furan rings is 1. The topological polar surface area (TPSA) is 60.9 Å². The third-order valence-electron chi connectivity index (χ3n) is 2.76. The molecule has 0 radical (unpaired) electrons. The largest absolute Gasteiger partial charge is 0.461 e. The predicted octanol–water partition coefficient (Wildman–Crippen LogP) is 3.77. The molecule has 0 saturated carbocycles. The van der Waals surface area contributed by atoms with E-state index in [0.717, 1.165) is 0 Å². The summed E-state index contributed by atoms with van der Waals surface area (Å²) in [6.07, 6.45) is 1.58. The van der Waals surface area contributed by atoms with Crippen LogP contribution in [-0.2, 0) is 7.05 Å². The van der Waals surface area contributed by atoms with Crippen molar-refractivity contribution in [3.63, 3.8) is 0 Å². The zero-order chi connectivity index (χ0) is 14.8. The van der Waals surface area contributed by atoms with Crippen LogP contribution in [0.3, 0.4) is 0 Å². The highest BCUT2D eigenvalue weighted by molar-refractivity contribution is 7.99. The second-order valence-corrected chi connectivity index (χ2v) is 6.82. The lowest BCUT2D eigenvalue weighted by Gasteiger charge is -2.01. The Morgan fingerprint density at radius 1 is 1.43 bits per heavy atom. The first-order valence-electron chi connectivity index (χ1n) is 6.00. The number of hydrogen-bond acceptors (Lipinski definition) is 6. The van der Waals surface area contributed by atoms with Gasteiger partial charge in [0.25, 0.3) is 0 Å². The maximum atomic E-state index is 12.0. The Balaban J connectivity index is 1.70. The molecule has 0 atom stereocenters. The molecule has 0 spiro atoms. The third kappa shape index (κ3) is 3.04. The minimum atomic E-state index is 0.0273. The van der Waals surface area contributed by atoms with E-state index in [9.17, 15) is 4.79 Å². The summed E-state index contributed by atoms with van der Waals surface area (Å²) in [7, 11) is 1.84. The van der Waals surface area contributed by atoms with E-state index in [1.807, 2.05) is 13.1 Å². The van der Waals surface area contributed by atoms with Crippen molar-refractivity contribution in [1.29, 1.82) is 0 Å². The van der Waals surface area contributed by atoms with Crippen molar-refractivity contribution in [3.8, 4) is 11.6 Å². The number of Topliss-reactive ketones (excluding diaryl/α,β-unsaturated/α-hetero) is 1. The second-order valence-electron chi connectivity index (χ2n) is 4.16. The van der Waals surface area contributed by atoms with Crippen LogP contribution in [0.4, 0.5) is 0 Å². The number of carbonyl (C=O) groups excluding carboxylic acids is 1. The van der Waals surface area contributed by atoms with Crippen LogP contribution in [0, 0.1) is 0 Å². The van der Waals surface area contributed by atoms with Gasteiger partial charge in [0, 0.05) is 7.05 Å². The molecule has 0 aliphatic rings. The van der Waals surface area contributed by atoms with Crippen molar-refractivity contribution in [2.75, 3.05) is 5.75 Å². The predicted molar refractivity (Wildman–Crippen MR) is 83.1 cm³/mol. The SMILES string of the molecule is Cn1c(SCC(=O)c2ccc(Cl)s2)nnc1-c1ccco1. The third-order valence-corrected chi connectivity index (χ3v) is 5.05. The summed E-state index contributed by atoms with van der Waals surface area (Å²) in [5.74, 6) is 1.60. The summed E-state index contributed by atoms with van der Waals surface area (Å²) >= 11 is 8.45. The van der Waals surface area contributed by atoms with Gasteiger partial charge < -0.3 is 8.98 Å². The average molecular weight is 340 g/mol. The van der Waals surface area contributed by atoms with Crippen LogP contribution in [0.25, 0.3) is 11.6 Å². The van der Waals surface area contributed by atoms with Crippen molar-refractivity contribution in [2.45, 2.75) is 5.16 Å². The molecular weight excluding hydrogens is 330 g/mol. The van der Waals surface area contributed by atoms with Gasteiger partial charge in [-0.2, -0.15) is 0 Å². The Morgan fingerprint density at radius 2 is 2.29 bits per heavy atom. The number of ketones is 1. The van der Waals surface area contributed by atoms with Crippen LogP contribution < -0.4 is 0 Å². The molecule has 3 rings (SSSR count). The minimum absolute atomic E-state index is 0.0273. The lowest BCUT2D eigenvalue weighted by atomic mass is 10.4. The first kappa shape index (κ1) is 14.4. The fraction of sp³-hybridized carbons (Fsp3) is 0.154. The van der Waals surface area contributed by atoms with Gasteiger partial charge in [-0.05, 0) is 24.3 Å². The van der Waals surface area contributed by atoms with E-state index in [2.05, 4.69) is 10.2 Å². The number of carbonyl (C=O) groups is 1. The summed E-state index contributed by atoms with van der Waals surface area (Å²) in [6.45, 7) is 0. The molecule has 21 heavy (non-hydrogen) atoms. The van der Waals surface area contributed by atoms with Crippen molar-refractivity contribution in [3.05, 3.63) is 39.7 Å². The van der Waals surface area contributed by atoms with E-state index < -0.39 is 0 Å². The number of nitrogens with zero attached hydrogens (tertiary/aromatic N) is 3. The normalized spacial score (nSPS) is 11.0. The van der Waals surface area contributed by atoms with E-state index in [0.29, 0.717) is 31.7 Å². The Morgan fingerprint density at radius 3 is 2.95 bits per heavy atom. The van der Waals surface area contributed by atoms with E-state index in [1.165, 1.54) is 23.1 Å². The standard InChI is InChI=1S/C13H10ClN3O2S2/c1-17-12(9-3-2-6-19-9)15-16-13(17)20-7-8(18)10-4-5-11(14)21-10/h2-6H,7H2,1H3. The van der Waals surface area contributed by atoms with E-state index >= 15 is 0 Å². The minimum Gasteiger partial charge on any atom is -0.461 e. The first-order valence-corrected chi connectivity index (χ1v) is 8.18. The van der Waals surface area contributed by atoms with Crippen molar-refractivity contribution in [1.82, 2.24) is 14.8 Å². The molecule has 0 aliphatic carbocycles. The van der Waals surface area contributed by atoms with Crippen LogP contribution in [0.15, 0.2) is 40.1 Å². The lowest BCUT2D eigenvalue weighted by molar-refractivity contribution is 0.102. The van der Waals surface area contributed by atoms with Gasteiger partial charge in [-0.25, -0.2) is 0 Å². The van der Waals surface area contributed by atoms with Gasteiger partial charge in [0.05, 0.1) is 21.2 Å². The second kappa shape index (κ2) is 6.05. The van der Waals surface area contributed by atoms with Gasteiger partial charge in [0.1, 0.15) is 0 Å². The molecule has 0 aliphatic heterocycles. The zero-order valence-electron chi connectivity index (χ0n) is 10.9. The van der Waals surface area contributed by atoms with E-state index in [-0.39, 0.29) is 5.78 Å². The first-order chi connectivity index (χ1) is 10.1. The average Bonchev–Trinajstić information content (AvgIpc) is 3.17. The molecule has 3 aromatic heterocycles. The maximum absolute atomic E-state index is 12.0. The van der Waals surface area contributed by atoms with Gasteiger partial charge in [-0.1, -0.05) is 23.4 Å². The van der Waals surface area contributed by atoms with Crippen molar-refractivity contribution >= 4 is 40.5 Å². The fourth-order valence-electron chi connectivity index (χ4n) is 1.73. The number of aromatic nitrogens is 3. The molecule has 0 bridgehead atoms. The Labute approximate surface area is 133 Å². The van der Waals surface area contributed by atoms with Crippen LogP contribution >= 0.6 is 34.7 Å². The van der Waals surface area contributed by atoms with Crippen molar-refractivity contribution < 1.29 is 9.21 Å². The summed E-state index contributed by atoms with van der Waals surface area (Å²) < 4.78 is 7.72. The molecule has 0 N–H and O–H groups in total. The van der Waals surface area contributed by atoms with E-state index in [1.54, 1.807) is 29.0 Å². The molecule has 5 nitrogen and oxygen atoms in total. The number of halogens is 1. The molecule has 8 heteroatoms. The number of thioether (sulfide) groups is 1. The quantitative estimate of drug-likeness (QED) is 0.523. The summed E-state index contributed by atoms with van der Waals surface area (Å²) in [6, 6.07) is 7.07. The summed E-state index contributed by atoms with van der Waals surface area (Å²) in [5, 5.41) is 8.83. The van der Waals surface area contributed by atoms with Gasteiger partial charge in [0.2, 0.25) is 0 Å². The van der Waals surface area contributed by atoms with Crippen molar-refractivity contribution in [2.24, 2.45) is 7.05 Å². The highest BCUT2D eigenvalue weighted by Gasteiger charge is 2.15. The molecule has 0 saturated heterocycles. The van der Waals surface area contributed by atoms with Gasteiger partial charge in [-0.3, -0.25) is 4.79 Å². The van der Waals surface area contributed by atoms with Crippen LogP contribution in [0.5, 0.6) is 0 Å². The fourth-order valence-corrected chi connectivity index (χ4v) is 3.59. The lowest BCUT2D eigenvalue weighted by Crippen LogP contribution is -2.01. The molecule has 3 heterocycles. The molecule has 3 aromatic rings. The zero-order valence-corrected chi connectivity index (χ0v) is 13.3. The van der Waals surface area contributed by atoms with Gasteiger partial charge in [0.15, 0.2) is 22.5 Å². The monoisotopic (exact) mass is 339 g/mol. The highest BCUT2D eigenvalue weighted by Crippen LogP contribution is 2.26. The summed E-state index contributed by atoms with van der Waals surface area (Å²) in [4.78, 5) is 12.7. The smallest absolute Gasteiger partial charge is 0.200 e. The Hall–Kier alpha value is -1.57. The maximum Gasteiger partial charge on any atom is 0.200 e. The molecular formula is C13H10ClN3O2S2. The van der Waals surface area contributed by atoms with Crippen LogP contribution in [-0.4, -0.2) is 26.3 Å². The number of hydrogen-bond donors (Lipinski definition) is 0. The molecule has 0 unspecified atom stereocenters. The Kier molecular flexibility index (Phi) is 4.14. The summed E-state index contributed by atoms with van der Waals surface area (Å²) in [5.41, 5.74) is 0. The number of thiophene rings is 1. The van der Waals surface area contributed by atoms with Crippen LogP contribution in [0.2, 0.25) is 4.34 Å². The molecule has 0 aromatic carbocycles. The van der Waals surface area contributed by atoms with E-state index in [4.69, 9.17) is 16.0 Å². The molecule has 0 fully saturated rings. The molecule has 0 amide bonds. The van der Waals surface area contributed by atoms with Crippen LogP contribution in [0.1, 0.15) is 9.67 Å². The number of rotatable bonds is 5. The highest BCUT2D eigenvalue weighted by atomic mass is 35.5.